The number of ether oxygens (including phenoxy) is 1. The molecule has 0 atom stereocenters. The summed E-state index contributed by atoms with van der Waals surface area (Å²) in [5, 5.41) is 0. The van der Waals surface area contributed by atoms with E-state index in [1.165, 1.54) is 6.07 Å². The van der Waals surface area contributed by atoms with E-state index in [9.17, 15) is 17.6 Å². The molecule has 168 valence electrons. The predicted octanol–water partition coefficient (Wildman–Crippen LogP) is 1.96. The van der Waals surface area contributed by atoms with Gasteiger partial charge < -0.3 is 19.4 Å². The van der Waals surface area contributed by atoms with E-state index in [1.54, 1.807) is 47.4 Å². The average Bonchev–Trinajstić information content (AvgIpc) is 3.07. The molecule has 0 N–H and O–H groups in total. The summed E-state index contributed by atoms with van der Waals surface area (Å²) >= 11 is 0. The minimum absolute atomic E-state index is 0.153. The number of carbonyl (C=O) groups is 1. The van der Waals surface area contributed by atoms with Crippen molar-refractivity contribution in [2.75, 3.05) is 57.4 Å². The molecule has 2 saturated heterocycles. The summed E-state index contributed by atoms with van der Waals surface area (Å²) in [5.74, 6) is -0.756. The van der Waals surface area contributed by atoms with E-state index in [4.69, 9.17) is 4.74 Å². The summed E-state index contributed by atoms with van der Waals surface area (Å²) in [5.41, 5.74) is 1.55. The fraction of sp³-hybridized carbons (Fsp3) is 0.348. The van der Waals surface area contributed by atoms with Crippen molar-refractivity contribution in [3.05, 3.63) is 64.8 Å². The van der Waals surface area contributed by atoms with E-state index in [2.05, 4.69) is 0 Å². The molecule has 0 aromatic heterocycles. The lowest BCUT2D eigenvalue weighted by atomic mass is 10.1. The first-order valence-corrected chi connectivity index (χ1v) is 12.2. The van der Waals surface area contributed by atoms with E-state index in [0.717, 1.165) is 0 Å². The minimum atomic E-state index is -3.93. The summed E-state index contributed by atoms with van der Waals surface area (Å²) in [6, 6.07) is 13.4. The summed E-state index contributed by atoms with van der Waals surface area (Å²) in [6.45, 7) is 3.51. The number of rotatable bonds is 3. The smallest absolute Gasteiger partial charge is 0.268 e. The van der Waals surface area contributed by atoms with Crippen molar-refractivity contribution in [2.45, 2.75) is 4.90 Å². The Kier molecular flexibility index (Phi) is 5.38. The van der Waals surface area contributed by atoms with Crippen LogP contribution < -0.4 is 4.90 Å². The molecule has 2 fully saturated rings. The van der Waals surface area contributed by atoms with Gasteiger partial charge in [-0.2, -0.15) is 0 Å². The van der Waals surface area contributed by atoms with Gasteiger partial charge >= 0.3 is 0 Å². The van der Waals surface area contributed by atoms with Crippen molar-refractivity contribution in [1.82, 2.24) is 9.80 Å². The van der Waals surface area contributed by atoms with Gasteiger partial charge in [-0.3, -0.25) is 4.79 Å². The quantitative estimate of drug-likeness (QED) is 0.702. The number of benzene rings is 2. The Morgan fingerprint density at radius 3 is 2.19 bits per heavy atom. The van der Waals surface area contributed by atoms with Gasteiger partial charge in [-0.25, -0.2) is 12.8 Å². The number of amides is 1. The molecule has 0 spiro atoms. The highest BCUT2D eigenvalue weighted by atomic mass is 32.2. The number of para-hydroxylation sites is 1. The molecule has 2 aromatic carbocycles. The lowest BCUT2D eigenvalue weighted by Gasteiger charge is -2.38. The third kappa shape index (κ3) is 3.45. The van der Waals surface area contributed by atoms with E-state index >= 15 is 0 Å². The zero-order valence-electron chi connectivity index (χ0n) is 17.5. The lowest BCUT2D eigenvalue weighted by molar-refractivity contribution is -0.130. The molecule has 0 saturated carbocycles. The van der Waals surface area contributed by atoms with Crippen LogP contribution in [0.4, 0.5) is 10.1 Å². The Morgan fingerprint density at radius 2 is 1.47 bits per heavy atom. The maximum absolute atomic E-state index is 14.2. The monoisotopic (exact) mass is 457 g/mol. The number of anilines is 1. The topological polar surface area (TPSA) is 70.2 Å². The molecular formula is C23H24FN3O4S. The van der Waals surface area contributed by atoms with Gasteiger partial charge in [0.05, 0.1) is 29.5 Å². The fourth-order valence-corrected chi connectivity index (χ4v) is 6.36. The molecule has 32 heavy (non-hydrogen) atoms. The SMILES string of the molecule is O=C(C1=C(N2CCN(c3ccccc3F)CC2)c2ccccc2S1(=O)=O)N1CCOCC1. The second-order valence-corrected chi connectivity index (χ2v) is 9.86. The molecule has 5 rings (SSSR count). The third-order valence-electron chi connectivity index (χ3n) is 6.20. The van der Waals surface area contributed by atoms with Gasteiger partial charge in [0.25, 0.3) is 5.91 Å². The number of sulfone groups is 1. The van der Waals surface area contributed by atoms with Crippen LogP contribution in [-0.2, 0) is 19.4 Å². The second kappa shape index (κ2) is 8.22. The molecule has 3 aliphatic heterocycles. The van der Waals surface area contributed by atoms with Crippen molar-refractivity contribution < 1.29 is 22.3 Å². The fourth-order valence-electron chi connectivity index (χ4n) is 4.58. The molecule has 0 radical (unpaired) electrons. The number of piperazine rings is 1. The normalized spacial score (nSPS) is 20.5. The highest BCUT2D eigenvalue weighted by Crippen LogP contribution is 2.42. The second-order valence-electron chi connectivity index (χ2n) is 8.01. The average molecular weight is 458 g/mol. The molecule has 9 heteroatoms. The van der Waals surface area contributed by atoms with Crippen LogP contribution in [0.1, 0.15) is 5.56 Å². The van der Waals surface area contributed by atoms with Crippen molar-refractivity contribution in [2.24, 2.45) is 0 Å². The summed E-state index contributed by atoms with van der Waals surface area (Å²) in [7, 11) is -3.93. The Labute approximate surface area is 186 Å². The van der Waals surface area contributed by atoms with Crippen LogP contribution in [0, 0.1) is 5.82 Å². The number of nitrogens with zero attached hydrogens (tertiary/aromatic N) is 3. The summed E-state index contributed by atoms with van der Waals surface area (Å²) in [4.78, 5) is 18.9. The van der Waals surface area contributed by atoms with E-state index < -0.39 is 15.7 Å². The molecule has 1 amide bonds. The summed E-state index contributed by atoms with van der Waals surface area (Å²) in [6.07, 6.45) is 0. The highest BCUT2D eigenvalue weighted by Gasteiger charge is 2.44. The van der Waals surface area contributed by atoms with Crippen LogP contribution in [0.15, 0.2) is 58.3 Å². The maximum Gasteiger partial charge on any atom is 0.268 e. The van der Waals surface area contributed by atoms with Crippen LogP contribution >= 0.6 is 0 Å². The zero-order chi connectivity index (χ0) is 22.3. The van der Waals surface area contributed by atoms with Gasteiger partial charge in [-0.05, 0) is 18.2 Å². The Bertz CT molecular complexity index is 1180. The van der Waals surface area contributed by atoms with Gasteiger partial charge in [0.15, 0.2) is 4.91 Å². The van der Waals surface area contributed by atoms with Crippen LogP contribution in [-0.4, -0.2) is 76.6 Å². The standard InChI is InChI=1S/C23H24FN3O4S/c24-18-6-2-3-7-19(18)25-9-11-26(12-10-25)21-17-5-1-4-8-20(17)32(29,30)22(21)23(28)27-13-15-31-16-14-27/h1-8H,9-16H2. The van der Waals surface area contributed by atoms with Crippen molar-refractivity contribution >= 4 is 27.1 Å². The largest absolute Gasteiger partial charge is 0.378 e. The number of carbonyl (C=O) groups excluding carboxylic acids is 1. The molecule has 2 aromatic rings. The third-order valence-corrected chi connectivity index (χ3v) is 8.04. The van der Waals surface area contributed by atoms with Crippen LogP contribution in [0.2, 0.25) is 0 Å². The Morgan fingerprint density at radius 1 is 0.844 bits per heavy atom. The van der Waals surface area contributed by atoms with Gasteiger partial charge in [0.1, 0.15) is 5.82 Å². The van der Waals surface area contributed by atoms with E-state index in [-0.39, 0.29) is 15.6 Å². The predicted molar refractivity (Wildman–Crippen MR) is 118 cm³/mol. The Hall–Kier alpha value is -2.91. The highest BCUT2D eigenvalue weighted by molar-refractivity contribution is 7.97. The van der Waals surface area contributed by atoms with Crippen LogP contribution in [0.5, 0.6) is 0 Å². The molecular weight excluding hydrogens is 433 g/mol. The number of fused-ring (bicyclic) bond motifs is 1. The van der Waals surface area contributed by atoms with Gasteiger partial charge in [-0.15, -0.1) is 0 Å². The lowest BCUT2D eigenvalue weighted by Crippen LogP contribution is -2.47. The van der Waals surface area contributed by atoms with Crippen molar-refractivity contribution in [3.63, 3.8) is 0 Å². The molecule has 3 heterocycles. The van der Waals surface area contributed by atoms with Crippen molar-refractivity contribution in [1.29, 1.82) is 0 Å². The van der Waals surface area contributed by atoms with E-state index in [0.29, 0.717) is 69.4 Å². The van der Waals surface area contributed by atoms with Crippen molar-refractivity contribution in [3.8, 4) is 0 Å². The van der Waals surface area contributed by atoms with Gasteiger partial charge in [0.2, 0.25) is 9.84 Å². The minimum Gasteiger partial charge on any atom is -0.378 e. The number of morpholine rings is 1. The van der Waals surface area contributed by atoms with Crippen LogP contribution in [0.3, 0.4) is 0 Å². The Balaban J connectivity index is 1.50. The number of halogens is 1. The van der Waals surface area contributed by atoms with Gasteiger partial charge in [-0.1, -0.05) is 30.3 Å². The summed E-state index contributed by atoms with van der Waals surface area (Å²) < 4.78 is 46.4. The first-order valence-electron chi connectivity index (χ1n) is 10.7. The first kappa shape index (κ1) is 21.0. The van der Waals surface area contributed by atoms with Crippen LogP contribution in [0.25, 0.3) is 5.70 Å². The number of hydrogen-bond acceptors (Lipinski definition) is 6. The van der Waals surface area contributed by atoms with E-state index in [1.807, 2.05) is 9.80 Å². The first-order chi connectivity index (χ1) is 15.5. The zero-order valence-corrected chi connectivity index (χ0v) is 18.4. The molecule has 0 bridgehead atoms. The molecule has 3 aliphatic rings. The molecule has 0 aliphatic carbocycles. The maximum atomic E-state index is 14.2. The molecule has 0 unspecified atom stereocenters. The number of hydrogen-bond donors (Lipinski definition) is 0. The molecule has 7 nitrogen and oxygen atoms in total. The van der Waals surface area contributed by atoms with Gasteiger partial charge in [0, 0.05) is 44.8 Å².